The van der Waals surface area contributed by atoms with E-state index in [1.165, 1.54) is 43.5 Å². The molecule has 138 valence electrons. The quantitative estimate of drug-likeness (QED) is 0.445. The minimum atomic E-state index is -0.684. The fourth-order valence-corrected chi connectivity index (χ4v) is 2.74. The SMILES string of the molecule is C=CCN1C(=O)c2ccc(C(=O)OCc3ccc(OC)c(F)c3)cc2C1=O. The Hall–Kier alpha value is -3.48. The Bertz CT molecular complexity index is 953. The van der Waals surface area contributed by atoms with Crippen molar-refractivity contribution >= 4 is 17.8 Å². The van der Waals surface area contributed by atoms with Crippen LogP contribution in [0.4, 0.5) is 4.39 Å². The van der Waals surface area contributed by atoms with Crippen LogP contribution in [0.3, 0.4) is 0 Å². The summed E-state index contributed by atoms with van der Waals surface area (Å²) >= 11 is 0. The van der Waals surface area contributed by atoms with Gasteiger partial charge in [0.15, 0.2) is 11.6 Å². The average molecular weight is 369 g/mol. The third-order valence-corrected chi connectivity index (χ3v) is 4.10. The molecule has 2 amide bonds. The Labute approximate surface area is 154 Å². The van der Waals surface area contributed by atoms with Crippen LogP contribution in [-0.2, 0) is 11.3 Å². The van der Waals surface area contributed by atoms with Gasteiger partial charge >= 0.3 is 5.97 Å². The molecule has 0 unspecified atom stereocenters. The van der Waals surface area contributed by atoms with E-state index in [-0.39, 0.29) is 35.6 Å². The predicted molar refractivity (Wildman–Crippen MR) is 94.1 cm³/mol. The topological polar surface area (TPSA) is 72.9 Å². The summed E-state index contributed by atoms with van der Waals surface area (Å²) in [6, 6.07) is 8.39. The van der Waals surface area contributed by atoms with Crippen molar-refractivity contribution in [2.75, 3.05) is 13.7 Å². The van der Waals surface area contributed by atoms with Crippen LogP contribution in [-0.4, -0.2) is 36.3 Å². The third kappa shape index (κ3) is 3.44. The molecule has 1 heterocycles. The van der Waals surface area contributed by atoms with Crippen molar-refractivity contribution in [3.8, 4) is 5.75 Å². The number of halogens is 1. The summed E-state index contributed by atoms with van der Waals surface area (Å²) in [6.07, 6.45) is 1.45. The molecule has 0 fully saturated rings. The number of imide groups is 1. The number of nitrogens with zero attached hydrogens (tertiary/aromatic N) is 1. The number of esters is 1. The molecule has 0 N–H and O–H groups in total. The van der Waals surface area contributed by atoms with Crippen LogP contribution in [0.15, 0.2) is 49.1 Å². The highest BCUT2D eigenvalue weighted by atomic mass is 19.1. The number of methoxy groups -OCH3 is 1. The Balaban J connectivity index is 1.74. The summed E-state index contributed by atoms with van der Waals surface area (Å²) in [5.74, 6) is -2.06. The molecule has 0 atom stereocenters. The Morgan fingerprint density at radius 2 is 1.89 bits per heavy atom. The zero-order chi connectivity index (χ0) is 19.6. The highest BCUT2D eigenvalue weighted by molar-refractivity contribution is 6.22. The van der Waals surface area contributed by atoms with Gasteiger partial charge in [-0.1, -0.05) is 12.1 Å². The summed E-state index contributed by atoms with van der Waals surface area (Å²) < 4.78 is 23.7. The molecule has 0 aliphatic carbocycles. The van der Waals surface area contributed by atoms with E-state index >= 15 is 0 Å². The van der Waals surface area contributed by atoms with Crippen molar-refractivity contribution in [3.63, 3.8) is 0 Å². The maximum Gasteiger partial charge on any atom is 0.338 e. The first-order chi connectivity index (χ1) is 13.0. The van der Waals surface area contributed by atoms with Gasteiger partial charge in [0.1, 0.15) is 6.61 Å². The van der Waals surface area contributed by atoms with Crippen molar-refractivity contribution in [2.24, 2.45) is 0 Å². The largest absolute Gasteiger partial charge is 0.494 e. The highest BCUT2D eigenvalue weighted by Gasteiger charge is 2.35. The van der Waals surface area contributed by atoms with E-state index < -0.39 is 23.6 Å². The highest BCUT2D eigenvalue weighted by Crippen LogP contribution is 2.24. The lowest BCUT2D eigenvalue weighted by atomic mass is 10.1. The Morgan fingerprint density at radius 1 is 1.15 bits per heavy atom. The molecule has 2 aromatic carbocycles. The minimum Gasteiger partial charge on any atom is -0.494 e. The van der Waals surface area contributed by atoms with Crippen LogP contribution < -0.4 is 4.74 Å². The fraction of sp³-hybridized carbons (Fsp3) is 0.150. The molecule has 6 nitrogen and oxygen atoms in total. The zero-order valence-corrected chi connectivity index (χ0v) is 14.5. The Morgan fingerprint density at radius 3 is 2.56 bits per heavy atom. The van der Waals surface area contributed by atoms with Gasteiger partial charge in [-0.15, -0.1) is 6.58 Å². The van der Waals surface area contributed by atoms with Gasteiger partial charge in [0.05, 0.1) is 23.8 Å². The van der Waals surface area contributed by atoms with Crippen LogP contribution in [0.2, 0.25) is 0 Å². The molecular weight excluding hydrogens is 353 g/mol. The predicted octanol–water partition coefficient (Wildman–Crippen LogP) is 2.97. The van der Waals surface area contributed by atoms with Crippen LogP contribution in [0.1, 0.15) is 36.6 Å². The maximum absolute atomic E-state index is 13.7. The molecule has 0 saturated carbocycles. The number of carbonyl (C=O) groups is 3. The number of hydrogen-bond donors (Lipinski definition) is 0. The van der Waals surface area contributed by atoms with E-state index in [9.17, 15) is 18.8 Å². The number of fused-ring (bicyclic) bond motifs is 1. The smallest absolute Gasteiger partial charge is 0.338 e. The number of hydrogen-bond acceptors (Lipinski definition) is 5. The first-order valence-electron chi connectivity index (χ1n) is 8.07. The number of benzene rings is 2. The van der Waals surface area contributed by atoms with Crippen molar-refractivity contribution in [1.82, 2.24) is 4.90 Å². The number of amides is 2. The third-order valence-electron chi connectivity index (χ3n) is 4.10. The molecule has 0 bridgehead atoms. The van der Waals surface area contributed by atoms with E-state index in [4.69, 9.17) is 9.47 Å². The first-order valence-corrected chi connectivity index (χ1v) is 8.07. The van der Waals surface area contributed by atoms with Crippen molar-refractivity contribution < 1.29 is 28.2 Å². The standard InChI is InChI=1S/C20H16FNO5/c1-3-8-22-18(23)14-6-5-13(10-15(14)19(22)24)20(25)27-11-12-4-7-17(26-2)16(21)9-12/h3-7,9-10H,1,8,11H2,2H3. The van der Waals surface area contributed by atoms with Gasteiger partial charge in [-0.3, -0.25) is 14.5 Å². The van der Waals surface area contributed by atoms with Gasteiger partial charge in [0.2, 0.25) is 0 Å². The second kappa shape index (κ2) is 7.41. The summed E-state index contributed by atoms with van der Waals surface area (Å²) in [5.41, 5.74) is 0.956. The number of ether oxygens (including phenoxy) is 2. The monoisotopic (exact) mass is 369 g/mol. The molecule has 1 aliphatic rings. The van der Waals surface area contributed by atoms with Crippen LogP contribution in [0.5, 0.6) is 5.75 Å². The maximum atomic E-state index is 13.7. The number of carbonyl (C=O) groups excluding carboxylic acids is 3. The first kappa shape index (κ1) is 18.3. The molecular formula is C20H16FNO5. The van der Waals surface area contributed by atoms with E-state index in [1.807, 2.05) is 0 Å². The van der Waals surface area contributed by atoms with Crippen LogP contribution in [0, 0.1) is 5.82 Å². The van der Waals surface area contributed by atoms with Gasteiger partial charge in [0.25, 0.3) is 11.8 Å². The van der Waals surface area contributed by atoms with E-state index in [0.717, 1.165) is 4.90 Å². The molecule has 3 rings (SSSR count). The van der Waals surface area contributed by atoms with Gasteiger partial charge in [-0.25, -0.2) is 9.18 Å². The van der Waals surface area contributed by atoms with E-state index in [1.54, 1.807) is 6.07 Å². The van der Waals surface area contributed by atoms with Crippen molar-refractivity contribution in [2.45, 2.75) is 6.61 Å². The molecule has 27 heavy (non-hydrogen) atoms. The van der Waals surface area contributed by atoms with Gasteiger partial charge in [-0.2, -0.15) is 0 Å². The summed E-state index contributed by atoms with van der Waals surface area (Å²) in [6.45, 7) is 3.46. The van der Waals surface area contributed by atoms with E-state index in [2.05, 4.69) is 6.58 Å². The molecule has 0 radical (unpaired) electrons. The molecule has 0 saturated heterocycles. The second-order valence-corrected chi connectivity index (χ2v) is 5.81. The molecule has 7 heteroatoms. The van der Waals surface area contributed by atoms with Gasteiger partial charge < -0.3 is 9.47 Å². The van der Waals surface area contributed by atoms with Crippen LogP contribution >= 0.6 is 0 Å². The zero-order valence-electron chi connectivity index (χ0n) is 14.5. The fourth-order valence-electron chi connectivity index (χ4n) is 2.74. The lowest BCUT2D eigenvalue weighted by molar-refractivity contribution is 0.0472. The van der Waals surface area contributed by atoms with Crippen LogP contribution in [0.25, 0.3) is 0 Å². The van der Waals surface area contributed by atoms with Gasteiger partial charge in [-0.05, 0) is 35.9 Å². The van der Waals surface area contributed by atoms with Crippen molar-refractivity contribution in [1.29, 1.82) is 0 Å². The summed E-state index contributed by atoms with van der Waals surface area (Å²) in [4.78, 5) is 37.8. The molecule has 2 aromatic rings. The van der Waals surface area contributed by atoms with E-state index in [0.29, 0.717) is 5.56 Å². The average Bonchev–Trinajstić information content (AvgIpc) is 2.91. The normalized spacial score (nSPS) is 12.7. The Kier molecular flexibility index (Phi) is 5.03. The lowest BCUT2D eigenvalue weighted by Crippen LogP contribution is -2.29. The second-order valence-electron chi connectivity index (χ2n) is 5.81. The van der Waals surface area contributed by atoms with Gasteiger partial charge in [0, 0.05) is 6.54 Å². The molecule has 0 aromatic heterocycles. The summed E-state index contributed by atoms with van der Waals surface area (Å²) in [5, 5.41) is 0. The summed E-state index contributed by atoms with van der Waals surface area (Å²) in [7, 11) is 1.36. The van der Waals surface area contributed by atoms with Crippen molar-refractivity contribution in [3.05, 3.63) is 77.1 Å². The lowest BCUT2D eigenvalue weighted by Gasteiger charge is -2.09. The molecule has 0 spiro atoms. The number of rotatable bonds is 6. The minimum absolute atomic E-state index is 0.0924. The molecule has 1 aliphatic heterocycles.